The normalized spacial score (nSPS) is 23.2. The summed E-state index contributed by atoms with van der Waals surface area (Å²) in [6.07, 6.45) is 1.43. The second kappa shape index (κ2) is 9.26. The van der Waals surface area contributed by atoms with Crippen molar-refractivity contribution in [1.29, 1.82) is 0 Å². The van der Waals surface area contributed by atoms with Gasteiger partial charge in [-0.25, -0.2) is 4.79 Å². The van der Waals surface area contributed by atoms with Crippen LogP contribution in [0.25, 0.3) is 0 Å². The lowest BCUT2D eigenvalue weighted by atomic mass is 9.98. The van der Waals surface area contributed by atoms with E-state index in [1.54, 1.807) is 0 Å². The van der Waals surface area contributed by atoms with Gasteiger partial charge in [0.25, 0.3) is 0 Å². The quantitative estimate of drug-likeness (QED) is 0.491. The maximum atomic E-state index is 12.8. The molecule has 0 aromatic rings. The van der Waals surface area contributed by atoms with Gasteiger partial charge < -0.3 is 19.8 Å². The van der Waals surface area contributed by atoms with Crippen LogP contribution in [0, 0.1) is 5.92 Å². The predicted molar refractivity (Wildman–Crippen MR) is 116 cm³/mol. The van der Waals surface area contributed by atoms with Gasteiger partial charge in [-0.05, 0) is 51.2 Å². The van der Waals surface area contributed by atoms with Crippen LogP contribution >= 0.6 is 0 Å². The molecule has 0 aromatic carbocycles. The molecule has 0 aliphatic carbocycles. The van der Waals surface area contributed by atoms with Crippen LogP contribution in [0.3, 0.4) is 0 Å². The third kappa shape index (κ3) is 7.15. The molecule has 6 nitrogen and oxygen atoms in total. The van der Waals surface area contributed by atoms with Gasteiger partial charge in [-0.1, -0.05) is 41.0 Å². The van der Waals surface area contributed by atoms with Gasteiger partial charge in [-0.2, -0.15) is 0 Å². The van der Waals surface area contributed by atoms with Crippen molar-refractivity contribution in [1.82, 2.24) is 10.6 Å². The van der Waals surface area contributed by atoms with Crippen molar-refractivity contribution in [3.05, 3.63) is 0 Å². The summed E-state index contributed by atoms with van der Waals surface area (Å²) in [4.78, 5) is 25.4. The van der Waals surface area contributed by atoms with E-state index in [0.29, 0.717) is 13.0 Å². The smallest absolute Gasteiger partial charge is 0.329 e. The van der Waals surface area contributed by atoms with Crippen LogP contribution in [0.2, 0.25) is 18.1 Å². The number of ether oxygens (including phenoxy) is 1. The first kappa shape index (κ1) is 25.1. The second-order valence-electron chi connectivity index (χ2n) is 10.6. The number of rotatable bonds is 7. The van der Waals surface area contributed by atoms with E-state index >= 15 is 0 Å². The summed E-state index contributed by atoms with van der Waals surface area (Å²) >= 11 is 0. The monoisotopic (exact) mass is 414 g/mol. The van der Waals surface area contributed by atoms with Crippen molar-refractivity contribution in [2.45, 2.75) is 110 Å². The topological polar surface area (TPSA) is 76.7 Å². The predicted octanol–water partition coefficient (Wildman–Crippen LogP) is 3.61. The summed E-state index contributed by atoms with van der Waals surface area (Å²) in [5.41, 5.74) is -0.582. The molecule has 7 heteroatoms. The molecule has 1 heterocycles. The fourth-order valence-electron chi connectivity index (χ4n) is 2.87. The van der Waals surface area contributed by atoms with Crippen molar-refractivity contribution in [3.8, 4) is 0 Å². The standard InChI is InChI=1S/C21H42N2O4Si/c1-11-14(2)17(19(25)26-20(3,4)5)23-18(24)16-12-15(13-22-16)27-28(9,10)21(6,7)8/h14-17,22H,11-13H2,1-10H3,(H,23,24)/t14-,15-,16+,17+/m1/s1. The molecule has 0 unspecified atom stereocenters. The molecule has 1 rings (SSSR count). The third-order valence-corrected chi connectivity index (χ3v) is 10.4. The molecule has 1 aliphatic heterocycles. The van der Waals surface area contributed by atoms with Gasteiger partial charge in [-0.3, -0.25) is 4.79 Å². The minimum atomic E-state index is -1.88. The number of esters is 1. The molecule has 0 spiro atoms. The molecule has 4 atom stereocenters. The van der Waals surface area contributed by atoms with Crippen LogP contribution in [-0.2, 0) is 18.8 Å². The highest BCUT2D eigenvalue weighted by atomic mass is 28.4. The molecule has 164 valence electrons. The number of carbonyl (C=O) groups excluding carboxylic acids is 2. The molecular weight excluding hydrogens is 372 g/mol. The van der Waals surface area contributed by atoms with Gasteiger partial charge in [0.15, 0.2) is 8.32 Å². The van der Waals surface area contributed by atoms with Gasteiger partial charge in [0.05, 0.1) is 12.1 Å². The highest BCUT2D eigenvalue weighted by Gasteiger charge is 2.42. The minimum absolute atomic E-state index is 0.000480. The van der Waals surface area contributed by atoms with Gasteiger partial charge >= 0.3 is 5.97 Å². The van der Waals surface area contributed by atoms with Crippen LogP contribution in [0.5, 0.6) is 0 Å². The van der Waals surface area contributed by atoms with Crippen LogP contribution in [0.15, 0.2) is 0 Å². The molecule has 1 amide bonds. The molecule has 2 N–H and O–H groups in total. The fourth-order valence-corrected chi connectivity index (χ4v) is 4.24. The van der Waals surface area contributed by atoms with E-state index < -0.39 is 20.0 Å². The summed E-state index contributed by atoms with van der Waals surface area (Å²) < 4.78 is 12.0. The summed E-state index contributed by atoms with van der Waals surface area (Å²) in [6.45, 7) is 21.2. The summed E-state index contributed by atoms with van der Waals surface area (Å²) in [5, 5.41) is 6.32. The van der Waals surface area contributed by atoms with Gasteiger partial charge in [0.2, 0.25) is 5.91 Å². The van der Waals surface area contributed by atoms with E-state index in [-0.39, 0.29) is 35.0 Å². The van der Waals surface area contributed by atoms with E-state index in [1.807, 2.05) is 34.6 Å². The Kier molecular flexibility index (Phi) is 8.31. The number of hydrogen-bond acceptors (Lipinski definition) is 5. The van der Waals surface area contributed by atoms with E-state index in [4.69, 9.17) is 9.16 Å². The van der Waals surface area contributed by atoms with E-state index in [2.05, 4.69) is 44.5 Å². The first-order chi connectivity index (χ1) is 12.6. The minimum Gasteiger partial charge on any atom is -0.458 e. The van der Waals surface area contributed by atoms with Crippen molar-refractivity contribution in [3.63, 3.8) is 0 Å². The zero-order valence-corrected chi connectivity index (χ0v) is 20.6. The zero-order valence-electron chi connectivity index (χ0n) is 19.6. The largest absolute Gasteiger partial charge is 0.458 e. The molecule has 0 saturated carbocycles. The SMILES string of the molecule is CC[C@@H](C)[C@H](NC(=O)[C@@H]1C[C@@H](O[Si](C)(C)C(C)(C)C)CN1)C(=O)OC(C)(C)C. The summed E-state index contributed by atoms with van der Waals surface area (Å²) in [7, 11) is -1.88. The van der Waals surface area contributed by atoms with Crippen molar-refractivity contribution >= 4 is 20.2 Å². The van der Waals surface area contributed by atoms with Crippen molar-refractivity contribution < 1.29 is 18.8 Å². The number of amides is 1. The first-order valence-corrected chi connectivity index (χ1v) is 13.4. The molecule has 1 fully saturated rings. The molecule has 28 heavy (non-hydrogen) atoms. The van der Waals surface area contributed by atoms with Gasteiger partial charge in [-0.15, -0.1) is 0 Å². The second-order valence-corrected chi connectivity index (χ2v) is 15.4. The lowest BCUT2D eigenvalue weighted by Crippen LogP contribution is -2.52. The molecule has 1 aliphatic rings. The number of nitrogens with one attached hydrogen (secondary N) is 2. The van der Waals surface area contributed by atoms with Crippen LogP contribution < -0.4 is 10.6 Å². The Hall–Kier alpha value is -0.923. The Morgan fingerprint density at radius 1 is 1.18 bits per heavy atom. The van der Waals surface area contributed by atoms with Crippen molar-refractivity contribution in [2.24, 2.45) is 5.92 Å². The Morgan fingerprint density at radius 2 is 1.75 bits per heavy atom. The van der Waals surface area contributed by atoms with Crippen LogP contribution in [0.4, 0.5) is 0 Å². The maximum absolute atomic E-state index is 12.8. The zero-order chi connectivity index (χ0) is 21.9. The summed E-state index contributed by atoms with van der Waals surface area (Å²) in [6, 6.07) is -0.984. The van der Waals surface area contributed by atoms with E-state index in [0.717, 1.165) is 6.42 Å². The van der Waals surface area contributed by atoms with Crippen molar-refractivity contribution in [2.75, 3.05) is 6.54 Å². The average molecular weight is 415 g/mol. The van der Waals surface area contributed by atoms with E-state index in [9.17, 15) is 9.59 Å². The van der Waals surface area contributed by atoms with Crippen LogP contribution in [0.1, 0.15) is 68.2 Å². The highest BCUT2D eigenvalue weighted by Crippen LogP contribution is 2.38. The summed E-state index contributed by atoms with van der Waals surface area (Å²) in [5.74, 6) is -0.528. The number of carbonyl (C=O) groups is 2. The molecule has 0 bridgehead atoms. The lowest BCUT2D eigenvalue weighted by Gasteiger charge is -2.38. The molecular formula is C21H42N2O4Si. The Labute approximate surface area is 172 Å². The highest BCUT2D eigenvalue weighted by molar-refractivity contribution is 6.74. The van der Waals surface area contributed by atoms with Gasteiger partial charge in [0.1, 0.15) is 11.6 Å². The molecule has 0 aromatic heterocycles. The first-order valence-electron chi connectivity index (χ1n) is 10.5. The fraction of sp³-hybridized carbons (Fsp3) is 0.905. The third-order valence-electron chi connectivity index (χ3n) is 5.85. The molecule has 0 radical (unpaired) electrons. The molecule has 1 saturated heterocycles. The Balaban J connectivity index is 2.73. The maximum Gasteiger partial charge on any atom is 0.329 e. The average Bonchev–Trinajstić information content (AvgIpc) is 2.96. The van der Waals surface area contributed by atoms with E-state index in [1.165, 1.54) is 0 Å². The lowest BCUT2D eigenvalue weighted by molar-refractivity contribution is -0.160. The Bertz CT molecular complexity index is 552. The van der Waals surface area contributed by atoms with Crippen LogP contribution in [-0.4, -0.2) is 50.5 Å². The van der Waals surface area contributed by atoms with Gasteiger partial charge in [0, 0.05) is 6.54 Å². The number of hydrogen-bond donors (Lipinski definition) is 2. The Morgan fingerprint density at radius 3 is 2.21 bits per heavy atom.